The number of hydrogen-bond donors (Lipinski definition) is 1. The van der Waals surface area contributed by atoms with E-state index in [9.17, 15) is 0 Å². The van der Waals surface area contributed by atoms with E-state index in [0.29, 0.717) is 6.04 Å². The Balaban J connectivity index is 1.71. The van der Waals surface area contributed by atoms with Crippen LogP contribution in [0.5, 0.6) is 0 Å². The van der Waals surface area contributed by atoms with Gasteiger partial charge in [-0.3, -0.25) is 9.36 Å². The largest absolute Gasteiger partial charge is 0.309 e. The van der Waals surface area contributed by atoms with Gasteiger partial charge < -0.3 is 5.32 Å². The number of aryl methyl sites for hydroxylation is 1. The molecule has 0 bridgehead atoms. The Morgan fingerprint density at radius 3 is 2.83 bits per heavy atom. The average molecular weight is 247 g/mol. The zero-order valence-electron chi connectivity index (χ0n) is 11.3. The molecule has 0 fully saturated rings. The summed E-state index contributed by atoms with van der Waals surface area (Å²) < 4.78 is 3.93. The number of rotatable bonds is 6. The molecule has 0 aliphatic carbocycles. The lowest BCUT2D eigenvalue weighted by Crippen LogP contribution is -2.20. The summed E-state index contributed by atoms with van der Waals surface area (Å²) in [5.74, 6) is 0. The second kappa shape index (κ2) is 5.82. The highest BCUT2D eigenvalue weighted by atomic mass is 15.3. The van der Waals surface area contributed by atoms with Gasteiger partial charge in [0.15, 0.2) is 0 Å². The molecule has 0 aromatic carbocycles. The molecule has 0 aliphatic heterocycles. The molecule has 18 heavy (non-hydrogen) atoms. The Morgan fingerprint density at radius 1 is 1.39 bits per heavy atom. The molecule has 0 spiro atoms. The summed E-state index contributed by atoms with van der Waals surface area (Å²) >= 11 is 0. The first kappa shape index (κ1) is 12.8. The highest BCUT2D eigenvalue weighted by Gasteiger charge is 2.01. The van der Waals surface area contributed by atoms with Crippen LogP contribution in [-0.2, 0) is 13.1 Å². The van der Waals surface area contributed by atoms with E-state index in [0.717, 1.165) is 25.3 Å². The Morgan fingerprint density at radius 2 is 2.22 bits per heavy atom. The number of hydrogen-bond acceptors (Lipinski definition) is 3. The van der Waals surface area contributed by atoms with Crippen molar-refractivity contribution in [2.75, 3.05) is 6.54 Å². The molecular weight excluding hydrogens is 226 g/mol. The van der Waals surface area contributed by atoms with Crippen molar-refractivity contribution in [2.24, 2.45) is 0 Å². The van der Waals surface area contributed by atoms with Crippen molar-refractivity contribution in [2.45, 2.75) is 39.9 Å². The second-order valence-corrected chi connectivity index (χ2v) is 4.84. The lowest BCUT2D eigenvalue weighted by atomic mass is 10.4. The molecule has 2 heterocycles. The molecule has 0 unspecified atom stereocenters. The molecule has 5 heteroatoms. The van der Waals surface area contributed by atoms with Gasteiger partial charge in [-0.25, -0.2) is 0 Å². The normalized spacial score (nSPS) is 11.3. The van der Waals surface area contributed by atoms with Crippen LogP contribution >= 0.6 is 0 Å². The molecule has 0 aliphatic rings. The first-order valence-electron chi connectivity index (χ1n) is 6.39. The Labute approximate surface area is 108 Å². The van der Waals surface area contributed by atoms with Gasteiger partial charge in [-0.05, 0) is 32.4 Å². The number of nitrogens with one attached hydrogen (secondary N) is 1. The summed E-state index contributed by atoms with van der Waals surface area (Å²) in [5, 5.41) is 12.1. The molecule has 98 valence electrons. The molecule has 0 atom stereocenters. The molecule has 0 radical (unpaired) electrons. The van der Waals surface area contributed by atoms with E-state index in [1.54, 1.807) is 0 Å². The van der Waals surface area contributed by atoms with Crippen molar-refractivity contribution in [3.8, 4) is 0 Å². The number of nitrogens with zero attached hydrogens (tertiary/aromatic N) is 4. The molecule has 0 saturated heterocycles. The van der Waals surface area contributed by atoms with Crippen LogP contribution in [0.2, 0.25) is 0 Å². The van der Waals surface area contributed by atoms with Gasteiger partial charge in [0.1, 0.15) is 0 Å². The Hall–Kier alpha value is -1.62. The predicted octanol–water partition coefficient (Wildman–Crippen LogP) is 1.76. The van der Waals surface area contributed by atoms with Gasteiger partial charge in [0.25, 0.3) is 0 Å². The zero-order chi connectivity index (χ0) is 13.0. The van der Waals surface area contributed by atoms with Crippen LogP contribution in [0.3, 0.4) is 0 Å². The lowest BCUT2D eigenvalue weighted by molar-refractivity contribution is 0.514. The fourth-order valence-electron chi connectivity index (χ4n) is 1.76. The zero-order valence-corrected chi connectivity index (χ0v) is 11.3. The van der Waals surface area contributed by atoms with Crippen molar-refractivity contribution >= 4 is 0 Å². The summed E-state index contributed by atoms with van der Waals surface area (Å²) in [6, 6.07) is 2.48. The maximum atomic E-state index is 4.49. The van der Waals surface area contributed by atoms with Crippen LogP contribution in [0.1, 0.15) is 31.1 Å². The van der Waals surface area contributed by atoms with E-state index < -0.39 is 0 Å². The van der Waals surface area contributed by atoms with Gasteiger partial charge in [0.05, 0.1) is 18.4 Å². The first-order valence-corrected chi connectivity index (χ1v) is 6.39. The van der Waals surface area contributed by atoms with Crippen LogP contribution in [0.15, 0.2) is 24.7 Å². The van der Waals surface area contributed by atoms with E-state index in [-0.39, 0.29) is 0 Å². The third-order valence-corrected chi connectivity index (χ3v) is 2.78. The standard InChI is InChI=1S/C13H21N5/c1-11(2)18-6-4-13(16-18)9-14-5-7-17-10-12(3)8-15-17/h4,6,8,10-11,14H,5,7,9H2,1-3H3. The van der Waals surface area contributed by atoms with Crippen LogP contribution in [0.25, 0.3) is 0 Å². The molecule has 0 saturated carbocycles. The van der Waals surface area contributed by atoms with Gasteiger partial charge in [-0.1, -0.05) is 0 Å². The SMILES string of the molecule is Cc1cnn(CCNCc2ccn(C(C)C)n2)c1. The summed E-state index contributed by atoms with van der Waals surface area (Å²) in [6.45, 7) is 8.90. The molecule has 2 aromatic rings. The van der Waals surface area contributed by atoms with Gasteiger partial charge in [-0.2, -0.15) is 10.2 Å². The lowest BCUT2D eigenvalue weighted by Gasteiger charge is -2.05. The minimum absolute atomic E-state index is 0.422. The minimum Gasteiger partial charge on any atom is -0.309 e. The van der Waals surface area contributed by atoms with Crippen molar-refractivity contribution in [1.29, 1.82) is 0 Å². The van der Waals surface area contributed by atoms with E-state index >= 15 is 0 Å². The molecular formula is C13H21N5. The van der Waals surface area contributed by atoms with Crippen LogP contribution < -0.4 is 5.32 Å². The summed E-state index contributed by atoms with van der Waals surface area (Å²) in [6.07, 6.45) is 5.96. The van der Waals surface area contributed by atoms with E-state index in [1.165, 1.54) is 5.56 Å². The molecule has 1 N–H and O–H groups in total. The van der Waals surface area contributed by atoms with Crippen LogP contribution in [-0.4, -0.2) is 26.1 Å². The topological polar surface area (TPSA) is 47.7 Å². The quantitative estimate of drug-likeness (QED) is 0.791. The molecule has 5 nitrogen and oxygen atoms in total. The average Bonchev–Trinajstić information content (AvgIpc) is 2.93. The first-order chi connectivity index (χ1) is 8.65. The molecule has 0 amide bonds. The van der Waals surface area contributed by atoms with Crippen molar-refractivity contribution in [1.82, 2.24) is 24.9 Å². The third-order valence-electron chi connectivity index (χ3n) is 2.78. The van der Waals surface area contributed by atoms with E-state index in [2.05, 4.69) is 48.5 Å². The fourth-order valence-corrected chi connectivity index (χ4v) is 1.76. The Bertz CT molecular complexity index is 483. The summed E-state index contributed by atoms with van der Waals surface area (Å²) in [4.78, 5) is 0. The molecule has 2 rings (SSSR count). The second-order valence-electron chi connectivity index (χ2n) is 4.84. The van der Waals surface area contributed by atoms with Gasteiger partial charge in [0, 0.05) is 31.5 Å². The predicted molar refractivity (Wildman–Crippen MR) is 71.3 cm³/mol. The van der Waals surface area contributed by atoms with Crippen molar-refractivity contribution in [3.05, 3.63) is 35.9 Å². The smallest absolute Gasteiger partial charge is 0.0762 e. The van der Waals surface area contributed by atoms with E-state index in [4.69, 9.17) is 0 Å². The maximum Gasteiger partial charge on any atom is 0.0762 e. The highest BCUT2D eigenvalue weighted by molar-refractivity contribution is 5.00. The monoisotopic (exact) mass is 247 g/mol. The van der Waals surface area contributed by atoms with Gasteiger partial charge in [-0.15, -0.1) is 0 Å². The Kier molecular flexibility index (Phi) is 4.15. The van der Waals surface area contributed by atoms with Gasteiger partial charge >= 0.3 is 0 Å². The fraction of sp³-hybridized carbons (Fsp3) is 0.538. The molecule has 2 aromatic heterocycles. The minimum atomic E-state index is 0.422. The van der Waals surface area contributed by atoms with Crippen molar-refractivity contribution in [3.63, 3.8) is 0 Å². The van der Waals surface area contributed by atoms with E-state index in [1.807, 2.05) is 21.8 Å². The van der Waals surface area contributed by atoms with Gasteiger partial charge in [0.2, 0.25) is 0 Å². The third kappa shape index (κ3) is 3.43. The highest BCUT2D eigenvalue weighted by Crippen LogP contribution is 2.03. The summed E-state index contributed by atoms with van der Waals surface area (Å²) in [5.41, 5.74) is 2.28. The van der Waals surface area contributed by atoms with Crippen molar-refractivity contribution < 1.29 is 0 Å². The summed E-state index contributed by atoms with van der Waals surface area (Å²) in [7, 11) is 0. The number of aromatic nitrogens is 4. The van der Waals surface area contributed by atoms with Crippen LogP contribution in [0.4, 0.5) is 0 Å². The maximum absolute atomic E-state index is 4.49. The van der Waals surface area contributed by atoms with Crippen LogP contribution in [0, 0.1) is 6.92 Å².